The van der Waals surface area contributed by atoms with E-state index in [4.69, 9.17) is 5.11 Å². The lowest BCUT2D eigenvalue weighted by molar-refractivity contribution is -0.139. The second kappa shape index (κ2) is 5.78. The summed E-state index contributed by atoms with van der Waals surface area (Å²) >= 11 is 4.66. The van der Waals surface area contributed by atoms with E-state index in [1.54, 1.807) is 0 Å². The highest BCUT2D eigenvalue weighted by atomic mass is 32.5. The maximum absolute atomic E-state index is 10.8. The fourth-order valence-electron chi connectivity index (χ4n) is 0.930. The lowest BCUT2D eigenvalue weighted by Gasteiger charge is -2.21. The Morgan fingerprint density at radius 3 is 2.43 bits per heavy atom. The summed E-state index contributed by atoms with van der Waals surface area (Å²) < 4.78 is 4.61. The van der Waals surface area contributed by atoms with Gasteiger partial charge in [-0.2, -0.15) is 0 Å². The highest BCUT2D eigenvalue weighted by molar-refractivity contribution is 8.08. The van der Waals surface area contributed by atoms with Crippen molar-refractivity contribution in [3.05, 3.63) is 0 Å². The predicted molar refractivity (Wildman–Crippen MR) is 57.5 cm³/mol. The van der Waals surface area contributed by atoms with Gasteiger partial charge in [0.25, 0.3) is 6.64 Å². The molecule has 0 aliphatic heterocycles. The lowest BCUT2D eigenvalue weighted by atomic mass is 10.1. The molecule has 3 N–H and O–H groups in total. The highest BCUT2D eigenvalue weighted by Gasteiger charge is 2.25. The van der Waals surface area contributed by atoms with Gasteiger partial charge < -0.3 is 14.5 Å². The van der Waals surface area contributed by atoms with E-state index in [1.807, 2.05) is 13.8 Å². The number of carbonyl (C=O) groups is 1. The molecule has 0 bridgehead atoms. The third-order valence-corrected chi connectivity index (χ3v) is 3.47. The van der Waals surface area contributed by atoms with Crippen molar-refractivity contribution in [1.29, 1.82) is 0 Å². The van der Waals surface area contributed by atoms with Gasteiger partial charge in [-0.05, 0) is 24.1 Å². The van der Waals surface area contributed by atoms with Crippen molar-refractivity contribution in [3.8, 4) is 0 Å². The van der Waals surface area contributed by atoms with Crippen LogP contribution in [-0.4, -0.2) is 29.1 Å². The van der Waals surface area contributed by atoms with Gasteiger partial charge in [-0.15, -0.1) is 0 Å². The van der Waals surface area contributed by atoms with Crippen molar-refractivity contribution in [2.24, 2.45) is 5.92 Å². The zero-order valence-electron chi connectivity index (χ0n) is 8.43. The standard InChI is InChI=1S/C7H16NO4PS/c1-5(2)4-6(7(9)10)8-13(11,14)12-3/h5-6H,4H2,1-3H3,(H,9,10)(H2,8,11,14)/t6-,13?/m0/s1. The Morgan fingerprint density at radius 2 is 2.14 bits per heavy atom. The molecule has 0 fully saturated rings. The van der Waals surface area contributed by atoms with Crippen molar-refractivity contribution < 1.29 is 19.3 Å². The van der Waals surface area contributed by atoms with Crippen LogP contribution in [0.2, 0.25) is 0 Å². The molecule has 0 aliphatic carbocycles. The van der Waals surface area contributed by atoms with Crippen LogP contribution in [0.25, 0.3) is 0 Å². The minimum absolute atomic E-state index is 0.204. The number of rotatable bonds is 6. The van der Waals surface area contributed by atoms with E-state index < -0.39 is 18.7 Å². The van der Waals surface area contributed by atoms with Gasteiger partial charge in [0.2, 0.25) is 0 Å². The molecule has 1 unspecified atom stereocenters. The predicted octanol–water partition coefficient (Wildman–Crippen LogP) is 0.938. The minimum atomic E-state index is -3.14. The summed E-state index contributed by atoms with van der Waals surface area (Å²) in [4.78, 5) is 20.2. The van der Waals surface area contributed by atoms with Crippen LogP contribution in [0.5, 0.6) is 0 Å². The molecule has 0 amide bonds. The van der Waals surface area contributed by atoms with E-state index in [2.05, 4.69) is 21.4 Å². The van der Waals surface area contributed by atoms with Crippen molar-refractivity contribution >= 4 is 24.4 Å². The first-order valence-electron chi connectivity index (χ1n) is 4.17. The van der Waals surface area contributed by atoms with Gasteiger partial charge in [0.15, 0.2) is 0 Å². The molecule has 0 saturated carbocycles. The normalized spacial score (nSPS) is 17.8. The number of hydrogen-bond donors (Lipinski definition) is 3. The average molecular weight is 241 g/mol. The minimum Gasteiger partial charge on any atom is -0.480 e. The van der Waals surface area contributed by atoms with Gasteiger partial charge in [0, 0.05) is 7.11 Å². The molecule has 14 heavy (non-hydrogen) atoms. The number of carboxylic acids is 1. The van der Waals surface area contributed by atoms with E-state index in [1.165, 1.54) is 7.11 Å². The maximum Gasteiger partial charge on any atom is 0.321 e. The van der Waals surface area contributed by atoms with Gasteiger partial charge >= 0.3 is 5.97 Å². The molecule has 0 aromatic rings. The Balaban J connectivity index is 4.38. The molecule has 0 aromatic heterocycles. The van der Waals surface area contributed by atoms with E-state index >= 15 is 0 Å². The molecule has 0 aliphatic rings. The van der Waals surface area contributed by atoms with Crippen LogP contribution >= 0.6 is 6.64 Å². The molecular formula is C7H16NO4PS. The molecular weight excluding hydrogens is 225 g/mol. The fraction of sp³-hybridized carbons (Fsp3) is 0.857. The summed E-state index contributed by atoms with van der Waals surface area (Å²) in [6, 6.07) is -0.856. The Labute approximate surface area is 88.7 Å². The summed E-state index contributed by atoms with van der Waals surface area (Å²) in [7, 11) is 1.25. The zero-order valence-corrected chi connectivity index (χ0v) is 10.1. The average Bonchev–Trinajstić information content (AvgIpc) is 2.02. The van der Waals surface area contributed by atoms with Crippen LogP contribution in [0, 0.1) is 5.92 Å². The summed E-state index contributed by atoms with van der Waals surface area (Å²) in [5, 5.41) is 11.3. The van der Waals surface area contributed by atoms with Gasteiger partial charge in [-0.25, -0.2) is 5.09 Å². The largest absolute Gasteiger partial charge is 0.480 e. The number of carboxylic acid groups (broad SMARTS) is 1. The second-order valence-electron chi connectivity index (χ2n) is 3.35. The Bertz CT molecular complexity index is 246. The van der Waals surface area contributed by atoms with E-state index in [9.17, 15) is 9.69 Å². The van der Waals surface area contributed by atoms with Crippen molar-refractivity contribution in [2.75, 3.05) is 7.11 Å². The summed E-state index contributed by atoms with van der Waals surface area (Å²) in [5.41, 5.74) is 0. The number of nitrogens with one attached hydrogen (secondary N) is 1. The first-order chi connectivity index (χ1) is 6.28. The molecule has 5 nitrogen and oxygen atoms in total. The van der Waals surface area contributed by atoms with Crippen LogP contribution in [0.15, 0.2) is 0 Å². The fourth-order valence-corrected chi connectivity index (χ4v) is 2.03. The quantitative estimate of drug-likeness (QED) is 0.601. The molecule has 0 aromatic carbocycles. The van der Waals surface area contributed by atoms with Crippen LogP contribution in [0.4, 0.5) is 0 Å². The summed E-state index contributed by atoms with van der Waals surface area (Å²) in [6.07, 6.45) is 0.400. The number of aliphatic carboxylic acids is 1. The Kier molecular flexibility index (Phi) is 5.78. The monoisotopic (exact) mass is 241 g/mol. The molecule has 0 radical (unpaired) electrons. The first kappa shape index (κ1) is 14.0. The maximum atomic E-state index is 10.8. The zero-order chi connectivity index (χ0) is 11.4. The highest BCUT2D eigenvalue weighted by Crippen LogP contribution is 2.37. The number of hydrogen-bond acceptors (Lipinski definition) is 3. The van der Waals surface area contributed by atoms with Gasteiger partial charge in [0.05, 0.1) is 0 Å². The van der Waals surface area contributed by atoms with Gasteiger partial charge in [0.1, 0.15) is 6.04 Å². The molecule has 2 atom stereocenters. The molecule has 84 valence electrons. The second-order valence-corrected chi connectivity index (χ2v) is 6.50. The molecule has 0 spiro atoms. The Hall–Kier alpha value is 0. The van der Waals surface area contributed by atoms with Crippen molar-refractivity contribution in [2.45, 2.75) is 26.3 Å². The van der Waals surface area contributed by atoms with Crippen molar-refractivity contribution in [3.63, 3.8) is 0 Å². The molecule has 0 saturated heterocycles. The van der Waals surface area contributed by atoms with Crippen LogP contribution in [-0.2, 0) is 21.1 Å². The van der Waals surface area contributed by atoms with Crippen molar-refractivity contribution in [1.82, 2.24) is 5.09 Å². The summed E-state index contributed by atoms with van der Waals surface area (Å²) in [5.74, 6) is -0.825. The SMILES string of the molecule is COP(O)(=S)N[C@@H](CC(C)C)C(=O)O. The van der Waals surface area contributed by atoms with E-state index in [-0.39, 0.29) is 5.92 Å². The molecule has 0 rings (SSSR count). The van der Waals surface area contributed by atoms with Gasteiger partial charge in [-0.1, -0.05) is 13.8 Å². The topological polar surface area (TPSA) is 78.8 Å². The third kappa shape index (κ3) is 5.67. The Morgan fingerprint density at radius 1 is 1.64 bits per heavy atom. The third-order valence-electron chi connectivity index (χ3n) is 1.57. The summed E-state index contributed by atoms with van der Waals surface area (Å²) in [6.45, 7) is 0.651. The lowest BCUT2D eigenvalue weighted by Crippen LogP contribution is -2.35. The van der Waals surface area contributed by atoms with Crippen LogP contribution in [0.3, 0.4) is 0 Å². The van der Waals surface area contributed by atoms with Gasteiger partial charge in [-0.3, -0.25) is 4.79 Å². The van der Waals surface area contributed by atoms with E-state index in [0.29, 0.717) is 6.42 Å². The first-order valence-corrected chi connectivity index (χ1v) is 6.85. The van der Waals surface area contributed by atoms with Crippen LogP contribution < -0.4 is 5.09 Å². The smallest absolute Gasteiger partial charge is 0.321 e. The molecule has 7 heteroatoms. The van der Waals surface area contributed by atoms with E-state index in [0.717, 1.165) is 0 Å². The van der Waals surface area contributed by atoms with Crippen LogP contribution in [0.1, 0.15) is 20.3 Å². The molecule has 0 heterocycles.